The van der Waals surface area contributed by atoms with E-state index in [1.807, 2.05) is 13.8 Å². The molecule has 3 unspecified atom stereocenters. The number of hydrogen-bond acceptors (Lipinski definition) is 6. The number of amidine groups is 1. The second kappa shape index (κ2) is 8.82. The van der Waals surface area contributed by atoms with Gasteiger partial charge in [-0.15, -0.1) is 0 Å². The third kappa shape index (κ3) is 4.86. The highest BCUT2D eigenvalue weighted by atomic mass is 32.2. The third-order valence-electron chi connectivity index (χ3n) is 5.86. The number of carbonyl (C=O) groups is 3. The SMILES string of the molecule is CCCCC(CN(O)C=O)C(=O)N1CC2(CC2)CC1C(=O)NC1=NC(C)CS1. The molecule has 0 aromatic rings. The Morgan fingerprint density at radius 1 is 1.50 bits per heavy atom. The maximum Gasteiger partial charge on any atom is 0.248 e. The number of likely N-dealkylation sites (tertiary alicyclic amines) is 1. The van der Waals surface area contributed by atoms with Crippen molar-refractivity contribution in [3.05, 3.63) is 0 Å². The van der Waals surface area contributed by atoms with Crippen molar-refractivity contribution in [2.24, 2.45) is 16.3 Å². The minimum absolute atomic E-state index is 0.0414. The Bertz CT molecular complexity index is 652. The van der Waals surface area contributed by atoms with E-state index in [1.54, 1.807) is 4.90 Å². The molecule has 3 aliphatic rings. The number of nitrogens with zero attached hydrogens (tertiary/aromatic N) is 3. The molecule has 2 aliphatic heterocycles. The van der Waals surface area contributed by atoms with Crippen LogP contribution in [0.5, 0.6) is 0 Å². The van der Waals surface area contributed by atoms with E-state index in [0.29, 0.717) is 36.0 Å². The molecule has 2 N–H and O–H groups in total. The Labute approximate surface area is 170 Å². The molecule has 9 heteroatoms. The predicted octanol–water partition coefficient (Wildman–Crippen LogP) is 1.63. The molecular formula is C19H30N4O4S. The van der Waals surface area contributed by atoms with E-state index in [0.717, 1.165) is 31.4 Å². The van der Waals surface area contributed by atoms with Crippen LogP contribution in [0.1, 0.15) is 52.4 Å². The lowest BCUT2D eigenvalue weighted by molar-refractivity contribution is -0.158. The first-order chi connectivity index (χ1) is 13.4. The van der Waals surface area contributed by atoms with E-state index in [-0.39, 0.29) is 29.8 Å². The fourth-order valence-electron chi connectivity index (χ4n) is 4.04. The van der Waals surface area contributed by atoms with E-state index >= 15 is 0 Å². The van der Waals surface area contributed by atoms with Gasteiger partial charge in [-0.05, 0) is 38.0 Å². The van der Waals surface area contributed by atoms with Crippen LogP contribution >= 0.6 is 11.8 Å². The average molecular weight is 411 g/mol. The van der Waals surface area contributed by atoms with Crippen molar-refractivity contribution in [1.82, 2.24) is 15.3 Å². The van der Waals surface area contributed by atoms with Gasteiger partial charge < -0.3 is 10.2 Å². The summed E-state index contributed by atoms with van der Waals surface area (Å²) in [6.45, 7) is 4.57. The van der Waals surface area contributed by atoms with Crippen LogP contribution in [0.3, 0.4) is 0 Å². The van der Waals surface area contributed by atoms with Crippen molar-refractivity contribution in [3.8, 4) is 0 Å². The fourth-order valence-corrected chi connectivity index (χ4v) is 4.94. The number of carbonyl (C=O) groups excluding carboxylic acids is 3. The summed E-state index contributed by atoms with van der Waals surface area (Å²) >= 11 is 1.53. The summed E-state index contributed by atoms with van der Waals surface area (Å²) in [5, 5.41) is 13.7. The molecule has 156 valence electrons. The topological polar surface area (TPSA) is 102 Å². The molecule has 8 nitrogen and oxygen atoms in total. The summed E-state index contributed by atoms with van der Waals surface area (Å²) in [6, 6.07) is -0.324. The first-order valence-corrected chi connectivity index (χ1v) is 11.1. The lowest BCUT2D eigenvalue weighted by atomic mass is 9.99. The number of nitrogens with one attached hydrogen (secondary N) is 1. The Kier molecular flexibility index (Phi) is 6.65. The van der Waals surface area contributed by atoms with Crippen LogP contribution in [0.25, 0.3) is 0 Å². The van der Waals surface area contributed by atoms with E-state index in [4.69, 9.17) is 0 Å². The van der Waals surface area contributed by atoms with Gasteiger partial charge >= 0.3 is 0 Å². The zero-order chi connectivity index (χ0) is 20.3. The van der Waals surface area contributed by atoms with Crippen LogP contribution in [-0.4, -0.2) is 69.5 Å². The van der Waals surface area contributed by atoms with Crippen LogP contribution in [0.2, 0.25) is 0 Å². The summed E-state index contributed by atoms with van der Waals surface area (Å²) in [5.41, 5.74) is 0.0639. The number of rotatable bonds is 8. The second-order valence-corrected chi connectivity index (χ2v) is 9.34. The number of aliphatic imine (C=N–C) groups is 1. The molecule has 0 aromatic carbocycles. The van der Waals surface area contributed by atoms with Crippen LogP contribution in [0.4, 0.5) is 0 Å². The van der Waals surface area contributed by atoms with Gasteiger partial charge in [-0.3, -0.25) is 24.6 Å². The van der Waals surface area contributed by atoms with Crippen molar-refractivity contribution < 1.29 is 19.6 Å². The number of thioether (sulfide) groups is 1. The van der Waals surface area contributed by atoms with E-state index < -0.39 is 12.0 Å². The van der Waals surface area contributed by atoms with Crippen LogP contribution in [0.15, 0.2) is 4.99 Å². The Hall–Kier alpha value is -1.61. The molecule has 3 amide bonds. The predicted molar refractivity (Wildman–Crippen MR) is 107 cm³/mol. The van der Waals surface area contributed by atoms with Gasteiger partial charge in [0, 0.05) is 12.3 Å². The summed E-state index contributed by atoms with van der Waals surface area (Å²) in [5.74, 6) is 0.0254. The largest absolute Gasteiger partial charge is 0.330 e. The monoisotopic (exact) mass is 410 g/mol. The van der Waals surface area contributed by atoms with Gasteiger partial charge in [-0.2, -0.15) is 0 Å². The number of hydrogen-bond donors (Lipinski definition) is 2. The van der Waals surface area contributed by atoms with Gasteiger partial charge in [-0.1, -0.05) is 31.5 Å². The Morgan fingerprint density at radius 3 is 2.82 bits per heavy atom. The zero-order valence-electron chi connectivity index (χ0n) is 16.6. The second-order valence-electron chi connectivity index (χ2n) is 8.34. The lowest BCUT2D eigenvalue weighted by Crippen LogP contribution is -2.50. The molecular weight excluding hydrogens is 380 g/mol. The third-order valence-corrected chi connectivity index (χ3v) is 6.99. The smallest absolute Gasteiger partial charge is 0.248 e. The number of amides is 3. The van der Waals surface area contributed by atoms with Crippen molar-refractivity contribution in [1.29, 1.82) is 0 Å². The summed E-state index contributed by atoms with van der Waals surface area (Å²) in [6.07, 6.45) is 5.39. The molecule has 28 heavy (non-hydrogen) atoms. The summed E-state index contributed by atoms with van der Waals surface area (Å²) < 4.78 is 0. The molecule has 3 atom stereocenters. The highest BCUT2D eigenvalue weighted by Crippen LogP contribution is 2.55. The Morgan fingerprint density at radius 2 is 2.25 bits per heavy atom. The van der Waals surface area contributed by atoms with Gasteiger partial charge in [0.05, 0.1) is 18.5 Å². The minimum atomic E-state index is -0.512. The quantitative estimate of drug-likeness (QED) is 0.360. The molecule has 1 spiro atoms. The van der Waals surface area contributed by atoms with Crippen molar-refractivity contribution in [2.45, 2.75) is 64.5 Å². The molecule has 1 saturated carbocycles. The maximum atomic E-state index is 13.3. The standard InChI is InChI=1S/C19H30N4O4S/c1-3-4-5-14(9-22(27)12-24)17(26)23-11-19(6-7-19)8-15(23)16(25)21-18-20-13(2)10-28-18/h12-15,27H,3-11H2,1-2H3,(H,20,21,25). The molecule has 2 fully saturated rings. The van der Waals surface area contributed by atoms with Crippen LogP contribution in [-0.2, 0) is 14.4 Å². The molecule has 3 rings (SSSR count). The maximum absolute atomic E-state index is 13.3. The normalized spacial score (nSPS) is 26.1. The van der Waals surface area contributed by atoms with Crippen molar-refractivity contribution >= 4 is 35.2 Å². The Balaban J connectivity index is 1.72. The summed E-state index contributed by atoms with van der Waals surface area (Å²) in [4.78, 5) is 43.2. The van der Waals surface area contributed by atoms with Crippen LogP contribution < -0.4 is 5.32 Å². The molecule has 1 saturated heterocycles. The minimum Gasteiger partial charge on any atom is -0.330 e. The van der Waals surface area contributed by atoms with Crippen molar-refractivity contribution in [2.75, 3.05) is 18.8 Å². The zero-order valence-corrected chi connectivity index (χ0v) is 17.4. The van der Waals surface area contributed by atoms with Gasteiger partial charge in [-0.25, -0.2) is 5.06 Å². The van der Waals surface area contributed by atoms with Gasteiger partial charge in [0.25, 0.3) is 0 Å². The van der Waals surface area contributed by atoms with E-state index in [2.05, 4.69) is 10.3 Å². The van der Waals surface area contributed by atoms with E-state index in [1.165, 1.54) is 11.8 Å². The molecule has 0 radical (unpaired) electrons. The van der Waals surface area contributed by atoms with E-state index in [9.17, 15) is 19.6 Å². The molecule has 0 bridgehead atoms. The first kappa shape index (κ1) is 21.1. The lowest BCUT2D eigenvalue weighted by Gasteiger charge is -2.29. The number of hydroxylamine groups is 2. The highest BCUT2D eigenvalue weighted by Gasteiger charge is 2.55. The summed E-state index contributed by atoms with van der Waals surface area (Å²) in [7, 11) is 0. The first-order valence-electron chi connectivity index (χ1n) is 10.1. The van der Waals surface area contributed by atoms with Gasteiger partial charge in [0.1, 0.15) is 6.04 Å². The molecule has 0 aromatic heterocycles. The average Bonchev–Trinajstić information content (AvgIpc) is 3.12. The molecule has 2 heterocycles. The van der Waals surface area contributed by atoms with Gasteiger partial charge in [0.2, 0.25) is 18.2 Å². The molecule has 1 aliphatic carbocycles. The highest BCUT2D eigenvalue weighted by molar-refractivity contribution is 8.14. The van der Waals surface area contributed by atoms with Crippen molar-refractivity contribution in [3.63, 3.8) is 0 Å². The fraction of sp³-hybridized carbons (Fsp3) is 0.789. The van der Waals surface area contributed by atoms with Crippen LogP contribution in [0, 0.1) is 11.3 Å². The van der Waals surface area contributed by atoms with Gasteiger partial charge in [0.15, 0.2) is 5.17 Å². The number of unbranched alkanes of at least 4 members (excludes halogenated alkanes) is 1.